The molecule has 69 heavy (non-hydrogen) atoms. The second-order valence-corrected chi connectivity index (χ2v) is 26.9. The molecule has 7 aromatic carbocycles. The number of benzene rings is 7. The Morgan fingerprint density at radius 3 is 2.13 bits per heavy atom. The van der Waals surface area contributed by atoms with Gasteiger partial charge in [-0.25, -0.2) is 0 Å². The van der Waals surface area contributed by atoms with Crippen LogP contribution in [0, 0.1) is 6.92 Å². The second-order valence-electron chi connectivity index (χ2n) is 21.9. The molecule has 0 N–H and O–H groups in total. The molecule has 4 aromatic heterocycles. The zero-order valence-electron chi connectivity index (χ0n) is 40.8. The lowest BCUT2D eigenvalue weighted by atomic mass is 9.77. The zero-order chi connectivity index (χ0) is 47.1. The molecule has 2 atom stereocenters. The van der Waals surface area contributed by atoms with Crippen molar-refractivity contribution in [2.45, 2.75) is 84.0 Å². The van der Waals surface area contributed by atoms with E-state index in [9.17, 15) is 0 Å². The third-order valence-electron chi connectivity index (χ3n) is 15.6. The van der Waals surface area contributed by atoms with E-state index in [0.717, 1.165) is 75.0 Å². The number of fused-ring (bicyclic) bond motifs is 18. The molecule has 6 heterocycles. The predicted molar refractivity (Wildman–Crippen MR) is 289 cm³/mol. The van der Waals surface area contributed by atoms with Gasteiger partial charge in [-0.15, -0.1) is 0 Å². The number of nitrogens with zero attached hydrogens (tertiary/aromatic N) is 4. The van der Waals surface area contributed by atoms with Gasteiger partial charge in [0, 0.05) is 44.4 Å². The Balaban J connectivity index is 1.12. The van der Waals surface area contributed by atoms with Gasteiger partial charge >= 0.3 is 5.82 Å². The van der Waals surface area contributed by atoms with E-state index in [2.05, 4.69) is 230 Å². The molecule has 0 radical (unpaired) electrons. The Bertz CT molecular complexity index is 3930. The topological polar surface area (TPSA) is 30.8 Å². The van der Waals surface area contributed by atoms with Crippen molar-refractivity contribution >= 4 is 73.7 Å². The first-order chi connectivity index (χ1) is 33.3. The van der Waals surface area contributed by atoms with Gasteiger partial charge in [0.1, 0.15) is 22.5 Å². The van der Waals surface area contributed by atoms with Crippen molar-refractivity contribution in [1.29, 1.82) is 0 Å². The lowest BCUT2D eigenvalue weighted by Gasteiger charge is -2.33. The highest BCUT2D eigenvalue weighted by Gasteiger charge is 2.45. The van der Waals surface area contributed by atoms with Crippen LogP contribution in [0.15, 0.2) is 175 Å². The fraction of sp³-hybridized carbons (Fsp3) is 0.206. The molecule has 11 aromatic rings. The standard InChI is InChI=1S/C63H58N4OSi/c1-39-34-55-51-36-50-45-20-12-14-22-52(45)66(43-18-10-9-11-19-43)57(50)37-49(51)46-32-26-41-27-33-48-47-21-13-17-25-58(47)68-61(48)60(41)62-65(40(2)35-56(46)64(55)38-59(39)69(6,7)8)53-23-15-16-24-54(53)67(62)44-30-28-42(29-31-44)63(3,4)5/h9-25,27-31,33-34,36-38,46,56H,2,26,32,35H2,1,3-8H3/q+2. The van der Waals surface area contributed by atoms with Crippen molar-refractivity contribution in [3.05, 3.63) is 193 Å². The summed E-state index contributed by atoms with van der Waals surface area (Å²) in [6.45, 7) is 21.9. The largest absolute Gasteiger partial charge is 0.455 e. The number of para-hydroxylation sites is 5. The summed E-state index contributed by atoms with van der Waals surface area (Å²) < 4.78 is 17.3. The van der Waals surface area contributed by atoms with Crippen molar-refractivity contribution in [2.75, 3.05) is 0 Å². The smallest absolute Gasteiger partial charge is 0.304 e. The molecule has 338 valence electrons. The Hall–Kier alpha value is -7.28. The van der Waals surface area contributed by atoms with Crippen molar-refractivity contribution in [1.82, 2.24) is 9.13 Å². The predicted octanol–water partition coefficient (Wildman–Crippen LogP) is 14.8. The van der Waals surface area contributed by atoms with Gasteiger partial charge in [-0.2, -0.15) is 13.7 Å². The quantitative estimate of drug-likeness (QED) is 0.128. The molecule has 0 bridgehead atoms. The minimum absolute atomic E-state index is 0.0270. The Morgan fingerprint density at radius 2 is 1.36 bits per heavy atom. The summed E-state index contributed by atoms with van der Waals surface area (Å²) in [4.78, 5) is 0. The number of hydrogen-bond acceptors (Lipinski definition) is 1. The number of hydrogen-bond donors (Lipinski definition) is 0. The molecule has 0 amide bonds. The Labute approximate surface area is 405 Å². The molecule has 0 aliphatic carbocycles. The van der Waals surface area contributed by atoms with Gasteiger partial charge in [0.15, 0.2) is 28.9 Å². The summed E-state index contributed by atoms with van der Waals surface area (Å²) in [7, 11) is -1.75. The minimum atomic E-state index is -1.75. The van der Waals surface area contributed by atoms with Gasteiger partial charge in [0.25, 0.3) is 0 Å². The van der Waals surface area contributed by atoms with Gasteiger partial charge in [-0.3, -0.25) is 0 Å². The summed E-state index contributed by atoms with van der Waals surface area (Å²) >= 11 is 0. The number of aryl methyl sites for hydroxylation is 2. The first kappa shape index (κ1) is 41.9. The average Bonchev–Trinajstić information content (AvgIpc) is 4.00. The van der Waals surface area contributed by atoms with Gasteiger partial charge in [-0.1, -0.05) is 138 Å². The van der Waals surface area contributed by atoms with E-state index < -0.39 is 8.07 Å². The van der Waals surface area contributed by atoms with Crippen LogP contribution in [-0.2, 0) is 11.8 Å². The zero-order valence-corrected chi connectivity index (χ0v) is 41.8. The lowest BCUT2D eigenvalue weighted by molar-refractivity contribution is -0.719. The maximum atomic E-state index is 7.10. The van der Waals surface area contributed by atoms with Crippen LogP contribution in [0.4, 0.5) is 0 Å². The van der Waals surface area contributed by atoms with Gasteiger partial charge in [-0.05, 0) is 108 Å². The normalized spacial score (nSPS) is 16.2. The molecular weight excluding hydrogens is 857 g/mol. The van der Waals surface area contributed by atoms with E-state index in [4.69, 9.17) is 11.0 Å². The van der Waals surface area contributed by atoms with Crippen LogP contribution in [0.1, 0.15) is 67.8 Å². The molecule has 0 fully saturated rings. The molecule has 2 aliphatic heterocycles. The van der Waals surface area contributed by atoms with Crippen molar-refractivity contribution in [3.8, 4) is 34.0 Å². The molecule has 2 unspecified atom stereocenters. The van der Waals surface area contributed by atoms with Crippen LogP contribution in [0.5, 0.6) is 0 Å². The van der Waals surface area contributed by atoms with Crippen LogP contribution in [0.3, 0.4) is 0 Å². The molecular formula is C63H58N4OSi+2. The number of allylic oxidation sites excluding steroid dienone is 1. The fourth-order valence-electron chi connectivity index (χ4n) is 12.4. The Morgan fingerprint density at radius 1 is 0.667 bits per heavy atom. The monoisotopic (exact) mass is 914 g/mol. The first-order valence-corrected chi connectivity index (χ1v) is 28.3. The summed E-state index contributed by atoms with van der Waals surface area (Å²) in [5.41, 5.74) is 19.1. The van der Waals surface area contributed by atoms with E-state index in [-0.39, 0.29) is 17.4 Å². The molecule has 6 heteroatoms. The molecule has 5 nitrogen and oxygen atoms in total. The van der Waals surface area contributed by atoms with E-state index in [1.165, 1.54) is 66.2 Å². The summed E-state index contributed by atoms with van der Waals surface area (Å²) in [5, 5.41) is 6.35. The Kier molecular flexibility index (Phi) is 9.17. The molecule has 0 spiro atoms. The highest BCUT2D eigenvalue weighted by molar-refractivity contribution is 6.88. The highest BCUT2D eigenvalue weighted by Crippen LogP contribution is 2.49. The third-order valence-corrected chi connectivity index (χ3v) is 17.7. The SMILES string of the molecule is C=C1CC2C(CCc3ccc4c(oc5ccccc54)c3-c3n(-c4ccc(C(C)(C)C)cc4)c4ccccc4[n+]31)c1cc3c(cc1-c1cc(C)c([Si](C)(C)C)c[n+]12)c1ccccc1n3-c1ccccc1. The van der Waals surface area contributed by atoms with Crippen LogP contribution in [0.25, 0.3) is 94.5 Å². The van der Waals surface area contributed by atoms with E-state index in [1.807, 2.05) is 0 Å². The van der Waals surface area contributed by atoms with Crippen molar-refractivity contribution < 1.29 is 13.6 Å². The molecule has 0 saturated heterocycles. The van der Waals surface area contributed by atoms with E-state index in [0.29, 0.717) is 0 Å². The van der Waals surface area contributed by atoms with Gasteiger partial charge in [0.2, 0.25) is 5.69 Å². The summed E-state index contributed by atoms with van der Waals surface area (Å²) in [5.74, 6) is 1.27. The highest BCUT2D eigenvalue weighted by atomic mass is 28.3. The van der Waals surface area contributed by atoms with Gasteiger partial charge < -0.3 is 8.98 Å². The van der Waals surface area contributed by atoms with E-state index >= 15 is 0 Å². The average molecular weight is 915 g/mol. The number of imidazole rings is 1. The van der Waals surface area contributed by atoms with Crippen LogP contribution in [0.2, 0.25) is 19.6 Å². The third kappa shape index (κ3) is 6.34. The molecule has 2 aliphatic rings. The van der Waals surface area contributed by atoms with E-state index in [1.54, 1.807) is 0 Å². The molecule has 13 rings (SSSR count). The van der Waals surface area contributed by atoms with Crippen LogP contribution < -0.4 is 14.3 Å². The van der Waals surface area contributed by atoms with Crippen molar-refractivity contribution in [3.63, 3.8) is 0 Å². The molecule has 0 saturated carbocycles. The number of rotatable bonds is 3. The number of pyridine rings is 1. The van der Waals surface area contributed by atoms with Crippen molar-refractivity contribution in [2.24, 2.45) is 0 Å². The van der Waals surface area contributed by atoms with Gasteiger partial charge in [0.05, 0.1) is 31.1 Å². The summed E-state index contributed by atoms with van der Waals surface area (Å²) in [6.07, 6.45) is 5.15. The lowest BCUT2D eigenvalue weighted by Crippen LogP contribution is -2.54. The fourth-order valence-corrected chi connectivity index (χ4v) is 14.1. The first-order valence-electron chi connectivity index (χ1n) is 24.8. The number of aromatic nitrogens is 4. The maximum Gasteiger partial charge on any atom is 0.304 e. The maximum absolute atomic E-state index is 7.10. The number of furan rings is 1. The minimum Gasteiger partial charge on any atom is -0.455 e. The summed E-state index contributed by atoms with van der Waals surface area (Å²) in [6, 6.07) is 59.0. The van der Waals surface area contributed by atoms with Crippen LogP contribution in [-0.4, -0.2) is 17.2 Å². The second kappa shape index (κ2) is 15.1. The van der Waals surface area contributed by atoms with Crippen LogP contribution >= 0.6 is 0 Å².